The van der Waals surface area contributed by atoms with Crippen LogP contribution in [0, 0.1) is 19.7 Å². The third-order valence-corrected chi connectivity index (χ3v) is 5.60. The second-order valence-electron chi connectivity index (χ2n) is 7.43. The Kier molecular flexibility index (Phi) is 4.26. The number of piperidine rings is 1. The lowest BCUT2D eigenvalue weighted by Crippen LogP contribution is -2.48. The molecule has 0 radical (unpaired) electrons. The second-order valence-corrected chi connectivity index (χ2v) is 7.43. The Labute approximate surface area is 156 Å². The molecule has 0 bridgehead atoms. The van der Waals surface area contributed by atoms with Crippen LogP contribution < -0.4 is 0 Å². The minimum Gasteiger partial charge on any atom is -0.388 e. The van der Waals surface area contributed by atoms with Gasteiger partial charge in [0.1, 0.15) is 17.3 Å². The van der Waals surface area contributed by atoms with Crippen molar-refractivity contribution in [2.24, 2.45) is 0 Å². The highest BCUT2D eigenvalue weighted by molar-refractivity contribution is 6.00. The van der Waals surface area contributed by atoms with Gasteiger partial charge in [0.15, 0.2) is 0 Å². The maximum Gasteiger partial charge on any atom is 0.270 e. The number of likely N-dealkylation sites (tertiary alicyclic amines) is 1. The molecular formula is C20H23FN4O2. The number of fused-ring (bicyclic) bond motifs is 1. The van der Waals surface area contributed by atoms with E-state index in [4.69, 9.17) is 0 Å². The summed E-state index contributed by atoms with van der Waals surface area (Å²) in [7, 11) is 0. The first-order chi connectivity index (χ1) is 12.9. The van der Waals surface area contributed by atoms with Crippen molar-refractivity contribution in [1.82, 2.24) is 19.4 Å². The summed E-state index contributed by atoms with van der Waals surface area (Å²) in [4.78, 5) is 22.0. The standard InChI is InChI=1S/C20H23FN4O2/c1-13-16-11-15(21)3-4-17(16)23-18(13)19(26)24-8-5-20(27,6-9-24)12-25-10-7-22-14(25)2/h3-4,7,10-11,23,27H,5-6,8-9,12H2,1-2H3. The van der Waals surface area contributed by atoms with Gasteiger partial charge >= 0.3 is 0 Å². The molecule has 0 saturated carbocycles. The van der Waals surface area contributed by atoms with Gasteiger partial charge in [0.05, 0.1) is 12.1 Å². The molecule has 27 heavy (non-hydrogen) atoms. The Bertz CT molecular complexity index is 999. The highest BCUT2D eigenvalue weighted by Crippen LogP contribution is 2.28. The number of aromatic amines is 1. The summed E-state index contributed by atoms with van der Waals surface area (Å²) in [6, 6.07) is 4.48. The van der Waals surface area contributed by atoms with Crippen molar-refractivity contribution in [3.63, 3.8) is 0 Å². The second kappa shape index (κ2) is 6.49. The molecule has 0 aliphatic carbocycles. The quantitative estimate of drug-likeness (QED) is 0.745. The van der Waals surface area contributed by atoms with E-state index in [0.29, 0.717) is 38.2 Å². The van der Waals surface area contributed by atoms with Gasteiger partial charge in [-0.1, -0.05) is 0 Å². The largest absolute Gasteiger partial charge is 0.388 e. The molecule has 1 saturated heterocycles. The average Bonchev–Trinajstić information content (AvgIpc) is 3.18. The smallest absolute Gasteiger partial charge is 0.270 e. The maximum atomic E-state index is 13.5. The molecular weight excluding hydrogens is 347 g/mol. The number of aryl methyl sites for hydroxylation is 2. The Balaban J connectivity index is 1.49. The fourth-order valence-corrected chi connectivity index (χ4v) is 3.84. The van der Waals surface area contributed by atoms with E-state index in [1.165, 1.54) is 12.1 Å². The van der Waals surface area contributed by atoms with Crippen LogP contribution in [-0.4, -0.2) is 49.1 Å². The van der Waals surface area contributed by atoms with E-state index in [9.17, 15) is 14.3 Å². The Morgan fingerprint density at radius 3 is 2.74 bits per heavy atom. The van der Waals surface area contributed by atoms with E-state index in [1.54, 1.807) is 17.2 Å². The van der Waals surface area contributed by atoms with Gasteiger partial charge in [-0.05, 0) is 50.5 Å². The molecule has 3 heterocycles. The zero-order chi connectivity index (χ0) is 19.2. The van der Waals surface area contributed by atoms with Crippen molar-refractivity contribution in [1.29, 1.82) is 0 Å². The van der Waals surface area contributed by atoms with Gasteiger partial charge in [0.2, 0.25) is 0 Å². The topological polar surface area (TPSA) is 74.2 Å². The summed E-state index contributed by atoms with van der Waals surface area (Å²) in [6.07, 6.45) is 4.59. The molecule has 2 aromatic heterocycles. The van der Waals surface area contributed by atoms with Crippen LogP contribution in [0.1, 0.15) is 34.7 Å². The summed E-state index contributed by atoms with van der Waals surface area (Å²) >= 11 is 0. The minimum absolute atomic E-state index is 0.107. The van der Waals surface area contributed by atoms with Crippen LogP contribution in [0.25, 0.3) is 10.9 Å². The lowest BCUT2D eigenvalue weighted by atomic mass is 9.91. The van der Waals surface area contributed by atoms with E-state index in [2.05, 4.69) is 9.97 Å². The van der Waals surface area contributed by atoms with Crippen molar-refractivity contribution < 1.29 is 14.3 Å². The number of nitrogens with one attached hydrogen (secondary N) is 1. The van der Waals surface area contributed by atoms with E-state index in [0.717, 1.165) is 22.3 Å². The molecule has 1 fully saturated rings. The molecule has 1 aromatic carbocycles. The number of aromatic nitrogens is 3. The zero-order valence-corrected chi connectivity index (χ0v) is 15.5. The lowest BCUT2D eigenvalue weighted by Gasteiger charge is -2.38. The molecule has 1 aliphatic heterocycles. The number of amides is 1. The summed E-state index contributed by atoms with van der Waals surface area (Å²) in [5, 5.41) is 11.6. The predicted octanol–water partition coefficient (Wildman–Crippen LogP) is 2.79. The fraction of sp³-hybridized carbons (Fsp3) is 0.400. The molecule has 6 nitrogen and oxygen atoms in total. The van der Waals surface area contributed by atoms with Crippen molar-refractivity contribution in [2.75, 3.05) is 13.1 Å². The number of imidazole rings is 1. The van der Waals surface area contributed by atoms with E-state index < -0.39 is 5.60 Å². The van der Waals surface area contributed by atoms with E-state index in [-0.39, 0.29) is 11.7 Å². The first-order valence-corrected chi connectivity index (χ1v) is 9.13. The van der Waals surface area contributed by atoms with Gasteiger partial charge in [0, 0.05) is 36.4 Å². The van der Waals surface area contributed by atoms with Crippen LogP contribution >= 0.6 is 0 Å². The van der Waals surface area contributed by atoms with E-state index >= 15 is 0 Å². The van der Waals surface area contributed by atoms with Gasteiger partial charge in [-0.15, -0.1) is 0 Å². The number of rotatable bonds is 3. The SMILES string of the molecule is Cc1c(C(=O)N2CCC(O)(Cn3ccnc3C)CC2)[nH]c2ccc(F)cc12. The molecule has 0 atom stereocenters. The van der Waals surface area contributed by atoms with Crippen LogP contribution in [0.5, 0.6) is 0 Å². The molecule has 1 aliphatic rings. The first kappa shape index (κ1) is 17.7. The van der Waals surface area contributed by atoms with Crippen molar-refractivity contribution in [3.05, 3.63) is 53.5 Å². The van der Waals surface area contributed by atoms with Crippen molar-refractivity contribution >= 4 is 16.8 Å². The number of carbonyl (C=O) groups excluding carboxylic acids is 1. The summed E-state index contributed by atoms with van der Waals surface area (Å²) in [6.45, 7) is 5.17. The Hall–Kier alpha value is -2.67. The normalized spacial score (nSPS) is 16.8. The highest BCUT2D eigenvalue weighted by atomic mass is 19.1. The van der Waals surface area contributed by atoms with Gasteiger partial charge in [-0.2, -0.15) is 0 Å². The van der Waals surface area contributed by atoms with Gasteiger partial charge in [0.25, 0.3) is 5.91 Å². The zero-order valence-electron chi connectivity index (χ0n) is 15.5. The van der Waals surface area contributed by atoms with Crippen LogP contribution in [0.4, 0.5) is 4.39 Å². The van der Waals surface area contributed by atoms with Gasteiger partial charge in [-0.3, -0.25) is 4.79 Å². The number of aliphatic hydroxyl groups is 1. The number of benzene rings is 1. The number of hydrogen-bond acceptors (Lipinski definition) is 3. The molecule has 0 unspecified atom stereocenters. The maximum absolute atomic E-state index is 13.5. The van der Waals surface area contributed by atoms with Crippen LogP contribution in [0.2, 0.25) is 0 Å². The van der Waals surface area contributed by atoms with Crippen molar-refractivity contribution in [3.8, 4) is 0 Å². The first-order valence-electron chi connectivity index (χ1n) is 9.13. The fourth-order valence-electron chi connectivity index (χ4n) is 3.84. The third-order valence-electron chi connectivity index (χ3n) is 5.60. The lowest BCUT2D eigenvalue weighted by molar-refractivity contribution is -0.0296. The molecule has 0 spiro atoms. The summed E-state index contributed by atoms with van der Waals surface area (Å²) < 4.78 is 15.4. The third kappa shape index (κ3) is 3.23. The number of halogens is 1. The Morgan fingerprint density at radius 1 is 1.33 bits per heavy atom. The number of nitrogens with zero attached hydrogens (tertiary/aromatic N) is 3. The molecule has 2 N–H and O–H groups in total. The van der Waals surface area contributed by atoms with Gasteiger partial charge in [-0.25, -0.2) is 9.37 Å². The highest BCUT2D eigenvalue weighted by Gasteiger charge is 2.35. The van der Waals surface area contributed by atoms with Crippen LogP contribution in [0.15, 0.2) is 30.6 Å². The summed E-state index contributed by atoms with van der Waals surface area (Å²) in [5.41, 5.74) is 1.15. The minimum atomic E-state index is -0.846. The number of H-pyrrole nitrogens is 1. The average molecular weight is 370 g/mol. The molecule has 3 aromatic rings. The van der Waals surface area contributed by atoms with Gasteiger partial charge < -0.3 is 19.6 Å². The van der Waals surface area contributed by atoms with E-state index in [1.807, 2.05) is 24.6 Å². The number of carbonyl (C=O) groups is 1. The van der Waals surface area contributed by atoms with Crippen LogP contribution in [0.3, 0.4) is 0 Å². The van der Waals surface area contributed by atoms with Crippen molar-refractivity contribution in [2.45, 2.75) is 38.8 Å². The monoisotopic (exact) mass is 370 g/mol. The Morgan fingerprint density at radius 2 is 2.07 bits per heavy atom. The molecule has 1 amide bonds. The molecule has 7 heteroatoms. The van der Waals surface area contributed by atoms with Crippen LogP contribution in [-0.2, 0) is 6.54 Å². The predicted molar refractivity (Wildman–Crippen MR) is 100 cm³/mol. The summed E-state index contributed by atoms with van der Waals surface area (Å²) in [5.74, 6) is 0.439. The number of hydrogen-bond donors (Lipinski definition) is 2. The molecule has 142 valence electrons. The molecule has 4 rings (SSSR count).